The van der Waals surface area contributed by atoms with Crippen LogP contribution in [0.15, 0.2) is 60.8 Å². The Morgan fingerprint density at radius 1 is 1.05 bits per heavy atom. The Morgan fingerprint density at radius 2 is 1.76 bits per heavy atom. The molecule has 4 heteroatoms. The Balaban J connectivity index is 1.90. The average molecular weight is 278 g/mol. The maximum atomic E-state index is 12.3. The zero-order chi connectivity index (χ0) is 14.7. The van der Waals surface area contributed by atoms with E-state index in [-0.39, 0.29) is 5.91 Å². The number of carbonyl (C=O) groups is 1. The molecule has 0 saturated heterocycles. The van der Waals surface area contributed by atoms with Gasteiger partial charge in [-0.25, -0.2) is 0 Å². The number of amides is 1. The Morgan fingerprint density at radius 3 is 2.57 bits per heavy atom. The molecule has 1 heterocycles. The third kappa shape index (κ3) is 2.69. The smallest absolute Gasteiger partial charge is 0.274 e. The number of aromatic nitrogens is 1. The number of hydrogen-bond donors (Lipinski definition) is 1. The van der Waals surface area contributed by atoms with Crippen molar-refractivity contribution in [2.45, 2.75) is 0 Å². The van der Waals surface area contributed by atoms with Gasteiger partial charge in [-0.1, -0.05) is 36.4 Å². The van der Waals surface area contributed by atoms with Crippen LogP contribution >= 0.6 is 0 Å². The van der Waals surface area contributed by atoms with E-state index in [0.717, 1.165) is 10.8 Å². The third-order valence-corrected chi connectivity index (χ3v) is 3.22. The molecular weight excluding hydrogens is 264 g/mol. The minimum atomic E-state index is -0.259. The largest absolute Gasteiger partial charge is 0.495 e. The predicted octanol–water partition coefficient (Wildman–Crippen LogP) is 3.50. The van der Waals surface area contributed by atoms with Crippen LogP contribution < -0.4 is 10.1 Å². The summed E-state index contributed by atoms with van der Waals surface area (Å²) >= 11 is 0. The lowest BCUT2D eigenvalue weighted by atomic mass is 10.1. The molecule has 104 valence electrons. The highest BCUT2D eigenvalue weighted by Crippen LogP contribution is 2.23. The summed E-state index contributed by atoms with van der Waals surface area (Å²) in [6.45, 7) is 0. The summed E-state index contributed by atoms with van der Waals surface area (Å²) in [6.07, 6.45) is 1.70. The molecule has 0 saturated carbocycles. The lowest BCUT2D eigenvalue weighted by Crippen LogP contribution is -2.14. The Bertz CT molecular complexity index is 799. The molecule has 1 aromatic heterocycles. The van der Waals surface area contributed by atoms with Gasteiger partial charge < -0.3 is 10.1 Å². The molecule has 4 nitrogen and oxygen atoms in total. The number of nitrogens with zero attached hydrogens (tertiary/aromatic N) is 1. The van der Waals surface area contributed by atoms with Gasteiger partial charge in [-0.2, -0.15) is 0 Å². The number of hydrogen-bond acceptors (Lipinski definition) is 3. The Hall–Kier alpha value is -2.88. The second kappa shape index (κ2) is 5.63. The molecular formula is C17H14N2O2. The fourth-order valence-electron chi connectivity index (χ4n) is 2.14. The summed E-state index contributed by atoms with van der Waals surface area (Å²) in [7, 11) is 1.57. The lowest BCUT2D eigenvalue weighted by Gasteiger charge is -2.09. The number of pyridine rings is 1. The molecule has 0 unspecified atom stereocenters. The van der Waals surface area contributed by atoms with E-state index in [2.05, 4.69) is 10.3 Å². The van der Waals surface area contributed by atoms with Crippen LogP contribution in [0, 0.1) is 0 Å². The van der Waals surface area contributed by atoms with Gasteiger partial charge in [0.2, 0.25) is 0 Å². The van der Waals surface area contributed by atoms with Crippen LogP contribution in [0.5, 0.6) is 5.75 Å². The number of nitrogens with one attached hydrogen (secondary N) is 1. The van der Waals surface area contributed by atoms with Crippen molar-refractivity contribution in [3.8, 4) is 5.75 Å². The quantitative estimate of drug-likeness (QED) is 0.797. The van der Waals surface area contributed by atoms with Gasteiger partial charge in [0.1, 0.15) is 11.4 Å². The number of fused-ring (bicyclic) bond motifs is 1. The molecule has 2 aromatic carbocycles. The van der Waals surface area contributed by atoms with E-state index in [1.807, 2.05) is 36.4 Å². The number of para-hydroxylation sites is 2. The van der Waals surface area contributed by atoms with Gasteiger partial charge in [0.15, 0.2) is 0 Å². The van der Waals surface area contributed by atoms with Crippen molar-refractivity contribution in [2.75, 3.05) is 12.4 Å². The highest BCUT2D eigenvalue weighted by atomic mass is 16.5. The van der Waals surface area contributed by atoms with E-state index in [4.69, 9.17) is 4.74 Å². The first kappa shape index (κ1) is 13.1. The maximum Gasteiger partial charge on any atom is 0.274 e. The van der Waals surface area contributed by atoms with Crippen LogP contribution in [-0.2, 0) is 0 Å². The van der Waals surface area contributed by atoms with Crippen LogP contribution in [0.4, 0.5) is 5.69 Å². The van der Waals surface area contributed by atoms with E-state index >= 15 is 0 Å². The molecule has 0 atom stereocenters. The molecule has 0 spiro atoms. The molecule has 3 rings (SSSR count). The SMILES string of the molecule is COc1ccccc1NC(=O)c1cc2ccccc2cn1. The summed E-state index contributed by atoms with van der Waals surface area (Å²) < 4.78 is 5.22. The van der Waals surface area contributed by atoms with Crippen LogP contribution in [-0.4, -0.2) is 18.0 Å². The van der Waals surface area contributed by atoms with Crippen molar-refractivity contribution in [3.63, 3.8) is 0 Å². The topological polar surface area (TPSA) is 51.2 Å². The van der Waals surface area contributed by atoms with Crippen molar-refractivity contribution >= 4 is 22.4 Å². The molecule has 0 aliphatic heterocycles. The first-order valence-corrected chi connectivity index (χ1v) is 6.57. The maximum absolute atomic E-state index is 12.3. The van der Waals surface area contributed by atoms with Gasteiger partial charge in [-0.15, -0.1) is 0 Å². The van der Waals surface area contributed by atoms with E-state index in [0.29, 0.717) is 17.1 Å². The molecule has 1 N–H and O–H groups in total. The third-order valence-electron chi connectivity index (χ3n) is 3.22. The highest BCUT2D eigenvalue weighted by molar-refractivity contribution is 6.05. The summed E-state index contributed by atoms with van der Waals surface area (Å²) in [6, 6.07) is 16.8. The molecule has 0 radical (unpaired) electrons. The second-order valence-corrected chi connectivity index (χ2v) is 4.57. The van der Waals surface area contributed by atoms with Crippen molar-refractivity contribution < 1.29 is 9.53 Å². The van der Waals surface area contributed by atoms with E-state index < -0.39 is 0 Å². The number of ether oxygens (including phenoxy) is 1. The van der Waals surface area contributed by atoms with Gasteiger partial charge >= 0.3 is 0 Å². The Kier molecular flexibility index (Phi) is 3.51. The minimum Gasteiger partial charge on any atom is -0.495 e. The van der Waals surface area contributed by atoms with Gasteiger partial charge in [0.05, 0.1) is 12.8 Å². The van der Waals surface area contributed by atoms with Crippen molar-refractivity contribution in [3.05, 3.63) is 66.5 Å². The summed E-state index contributed by atoms with van der Waals surface area (Å²) in [5.41, 5.74) is 1.000. The molecule has 0 aliphatic rings. The van der Waals surface area contributed by atoms with E-state index in [1.54, 1.807) is 31.5 Å². The van der Waals surface area contributed by atoms with Gasteiger partial charge in [-0.05, 0) is 23.6 Å². The monoisotopic (exact) mass is 278 g/mol. The first-order valence-electron chi connectivity index (χ1n) is 6.57. The second-order valence-electron chi connectivity index (χ2n) is 4.57. The fourth-order valence-corrected chi connectivity index (χ4v) is 2.14. The molecule has 0 bridgehead atoms. The van der Waals surface area contributed by atoms with E-state index in [9.17, 15) is 4.79 Å². The number of rotatable bonds is 3. The standard InChI is InChI=1S/C17H14N2O2/c1-21-16-9-5-4-8-14(16)19-17(20)15-10-12-6-2-3-7-13(12)11-18-15/h2-11H,1H3,(H,19,20). The molecule has 0 aliphatic carbocycles. The normalized spacial score (nSPS) is 10.3. The predicted molar refractivity (Wildman–Crippen MR) is 82.7 cm³/mol. The van der Waals surface area contributed by atoms with E-state index in [1.165, 1.54) is 0 Å². The van der Waals surface area contributed by atoms with Crippen molar-refractivity contribution in [1.29, 1.82) is 0 Å². The average Bonchev–Trinajstić information content (AvgIpc) is 2.55. The molecule has 1 amide bonds. The summed E-state index contributed by atoms with van der Waals surface area (Å²) in [4.78, 5) is 16.5. The van der Waals surface area contributed by atoms with Crippen LogP contribution in [0.1, 0.15) is 10.5 Å². The number of anilines is 1. The van der Waals surface area contributed by atoms with Gasteiger partial charge in [0, 0.05) is 11.6 Å². The molecule has 3 aromatic rings. The van der Waals surface area contributed by atoms with Gasteiger partial charge in [-0.3, -0.25) is 9.78 Å². The number of methoxy groups -OCH3 is 1. The fraction of sp³-hybridized carbons (Fsp3) is 0.0588. The number of benzene rings is 2. The molecule has 21 heavy (non-hydrogen) atoms. The summed E-state index contributed by atoms with van der Waals surface area (Å²) in [5, 5.41) is 4.81. The van der Waals surface area contributed by atoms with Crippen molar-refractivity contribution in [2.24, 2.45) is 0 Å². The minimum absolute atomic E-state index is 0.259. The lowest BCUT2D eigenvalue weighted by molar-refractivity contribution is 0.102. The first-order chi connectivity index (χ1) is 10.3. The van der Waals surface area contributed by atoms with Crippen LogP contribution in [0.3, 0.4) is 0 Å². The molecule has 0 fully saturated rings. The highest BCUT2D eigenvalue weighted by Gasteiger charge is 2.11. The zero-order valence-electron chi connectivity index (χ0n) is 11.5. The van der Waals surface area contributed by atoms with Crippen LogP contribution in [0.25, 0.3) is 10.8 Å². The van der Waals surface area contributed by atoms with Crippen LogP contribution in [0.2, 0.25) is 0 Å². The van der Waals surface area contributed by atoms with Crippen molar-refractivity contribution in [1.82, 2.24) is 4.98 Å². The van der Waals surface area contributed by atoms with Gasteiger partial charge in [0.25, 0.3) is 5.91 Å². The summed E-state index contributed by atoms with van der Waals surface area (Å²) in [5.74, 6) is 0.358. The zero-order valence-corrected chi connectivity index (χ0v) is 11.5. The Labute approximate surface area is 122 Å². The number of carbonyl (C=O) groups excluding carboxylic acids is 1.